The Hall–Kier alpha value is -0.500. The van der Waals surface area contributed by atoms with E-state index in [0.29, 0.717) is 18.5 Å². The molecule has 0 saturated carbocycles. The highest BCUT2D eigenvalue weighted by molar-refractivity contribution is 14.0. The Labute approximate surface area is 159 Å². The van der Waals surface area contributed by atoms with Crippen LogP contribution < -0.4 is 15.4 Å². The highest BCUT2D eigenvalue weighted by atomic mass is 127. The second-order valence-electron chi connectivity index (χ2n) is 5.34. The Kier molecular flexibility index (Phi) is 10.8. The van der Waals surface area contributed by atoms with Crippen LogP contribution in [-0.4, -0.2) is 25.7 Å². The van der Waals surface area contributed by atoms with E-state index in [0.717, 1.165) is 28.3 Å². The summed E-state index contributed by atoms with van der Waals surface area (Å²) in [6.07, 6.45) is 0. The Bertz CT molecular complexity index is 480. The minimum atomic E-state index is 0. The van der Waals surface area contributed by atoms with E-state index in [1.54, 1.807) is 7.11 Å². The molecule has 0 amide bonds. The van der Waals surface area contributed by atoms with Crippen molar-refractivity contribution in [1.82, 2.24) is 10.6 Å². The van der Waals surface area contributed by atoms with Crippen LogP contribution in [0.1, 0.15) is 33.3 Å². The molecule has 126 valence electrons. The average molecular weight is 484 g/mol. The number of nitrogens with zero attached hydrogens (tertiary/aromatic N) is 1. The predicted molar refractivity (Wildman–Crippen MR) is 108 cm³/mol. The van der Waals surface area contributed by atoms with Gasteiger partial charge in [-0.15, -0.1) is 24.0 Å². The third-order valence-corrected chi connectivity index (χ3v) is 3.96. The van der Waals surface area contributed by atoms with Gasteiger partial charge in [0, 0.05) is 12.6 Å². The minimum absolute atomic E-state index is 0. The monoisotopic (exact) mass is 483 g/mol. The van der Waals surface area contributed by atoms with Crippen LogP contribution in [0.3, 0.4) is 0 Å². The zero-order valence-electron chi connectivity index (χ0n) is 13.9. The van der Waals surface area contributed by atoms with Gasteiger partial charge in [0.25, 0.3) is 0 Å². The molecule has 0 aliphatic carbocycles. The molecule has 0 bridgehead atoms. The summed E-state index contributed by atoms with van der Waals surface area (Å²) < 4.78 is 6.19. The van der Waals surface area contributed by atoms with Crippen molar-refractivity contribution in [2.75, 3.05) is 13.7 Å². The standard InChI is InChI=1S/C16H26BrN3O.HI/c1-6-18-16(20-12(4)11(2)3)19-10-13-7-8-15(21-5)14(17)9-13;/h7-9,11-12H,6,10H2,1-5H3,(H2,18,19,20);1H. The highest BCUT2D eigenvalue weighted by Crippen LogP contribution is 2.25. The molecule has 1 atom stereocenters. The Morgan fingerprint density at radius 1 is 1.32 bits per heavy atom. The van der Waals surface area contributed by atoms with Crippen molar-refractivity contribution in [3.63, 3.8) is 0 Å². The third kappa shape index (κ3) is 7.17. The van der Waals surface area contributed by atoms with Crippen LogP contribution in [0.25, 0.3) is 0 Å². The van der Waals surface area contributed by atoms with Gasteiger partial charge in [-0.2, -0.15) is 0 Å². The van der Waals surface area contributed by atoms with E-state index < -0.39 is 0 Å². The number of rotatable bonds is 6. The SMILES string of the molecule is CCNC(=NCc1ccc(OC)c(Br)c1)NC(C)C(C)C.I. The molecular formula is C16H27BrIN3O. The summed E-state index contributed by atoms with van der Waals surface area (Å²) in [5.41, 5.74) is 1.14. The molecule has 0 saturated heterocycles. The lowest BCUT2D eigenvalue weighted by molar-refractivity contribution is 0.412. The fraction of sp³-hybridized carbons (Fsp3) is 0.562. The van der Waals surface area contributed by atoms with Gasteiger partial charge in [0.05, 0.1) is 18.1 Å². The third-order valence-electron chi connectivity index (χ3n) is 3.34. The van der Waals surface area contributed by atoms with Crippen molar-refractivity contribution < 1.29 is 4.74 Å². The number of halogens is 2. The van der Waals surface area contributed by atoms with Crippen LogP contribution in [0.4, 0.5) is 0 Å². The normalized spacial score (nSPS) is 12.6. The molecule has 1 unspecified atom stereocenters. The van der Waals surface area contributed by atoms with E-state index >= 15 is 0 Å². The first kappa shape index (κ1) is 21.5. The molecule has 0 aromatic heterocycles. The fourth-order valence-electron chi connectivity index (χ4n) is 1.68. The van der Waals surface area contributed by atoms with E-state index in [2.05, 4.69) is 59.3 Å². The van der Waals surface area contributed by atoms with E-state index in [-0.39, 0.29) is 24.0 Å². The molecule has 0 radical (unpaired) electrons. The summed E-state index contributed by atoms with van der Waals surface area (Å²) >= 11 is 3.50. The zero-order valence-corrected chi connectivity index (χ0v) is 17.9. The number of benzene rings is 1. The van der Waals surface area contributed by atoms with Crippen molar-refractivity contribution in [2.24, 2.45) is 10.9 Å². The molecule has 1 aromatic carbocycles. The number of methoxy groups -OCH3 is 1. The van der Waals surface area contributed by atoms with Crippen molar-refractivity contribution in [2.45, 2.75) is 40.3 Å². The Balaban J connectivity index is 0.00000441. The molecule has 22 heavy (non-hydrogen) atoms. The molecule has 6 heteroatoms. The van der Waals surface area contributed by atoms with Crippen molar-refractivity contribution in [3.8, 4) is 5.75 Å². The van der Waals surface area contributed by atoms with Gasteiger partial charge >= 0.3 is 0 Å². The average Bonchev–Trinajstić information content (AvgIpc) is 2.45. The molecule has 0 aliphatic heterocycles. The number of hydrogen-bond donors (Lipinski definition) is 2. The van der Waals surface area contributed by atoms with E-state index in [1.807, 2.05) is 18.2 Å². The van der Waals surface area contributed by atoms with Crippen LogP contribution >= 0.6 is 39.9 Å². The largest absolute Gasteiger partial charge is 0.496 e. The molecule has 1 rings (SSSR count). The van der Waals surface area contributed by atoms with E-state index in [4.69, 9.17) is 4.74 Å². The molecule has 0 heterocycles. The first-order chi connectivity index (χ1) is 9.97. The van der Waals surface area contributed by atoms with Gasteiger partial charge in [0.1, 0.15) is 5.75 Å². The molecule has 1 aromatic rings. The van der Waals surface area contributed by atoms with E-state index in [9.17, 15) is 0 Å². The second-order valence-corrected chi connectivity index (χ2v) is 6.20. The number of nitrogens with one attached hydrogen (secondary N) is 2. The fourth-order valence-corrected chi connectivity index (χ4v) is 2.27. The maximum Gasteiger partial charge on any atom is 0.191 e. The van der Waals surface area contributed by atoms with Gasteiger partial charge in [-0.1, -0.05) is 19.9 Å². The maximum atomic E-state index is 5.24. The molecular weight excluding hydrogens is 457 g/mol. The van der Waals surface area contributed by atoms with Gasteiger partial charge in [-0.05, 0) is 53.4 Å². The molecule has 4 nitrogen and oxygen atoms in total. The summed E-state index contributed by atoms with van der Waals surface area (Å²) in [5, 5.41) is 6.71. The summed E-state index contributed by atoms with van der Waals surface area (Å²) in [5.74, 6) is 2.25. The van der Waals surface area contributed by atoms with Crippen molar-refractivity contribution in [3.05, 3.63) is 28.2 Å². The first-order valence-electron chi connectivity index (χ1n) is 7.35. The summed E-state index contributed by atoms with van der Waals surface area (Å²) in [4.78, 5) is 4.64. The van der Waals surface area contributed by atoms with E-state index in [1.165, 1.54) is 0 Å². The maximum absolute atomic E-state index is 5.24. The number of guanidine groups is 1. The Morgan fingerprint density at radius 3 is 2.50 bits per heavy atom. The minimum Gasteiger partial charge on any atom is -0.496 e. The quantitative estimate of drug-likeness (QED) is 0.362. The first-order valence-corrected chi connectivity index (χ1v) is 8.14. The smallest absolute Gasteiger partial charge is 0.191 e. The number of hydrogen-bond acceptors (Lipinski definition) is 2. The lowest BCUT2D eigenvalue weighted by atomic mass is 10.1. The summed E-state index contributed by atoms with van der Waals surface area (Å²) in [7, 11) is 1.67. The van der Waals surface area contributed by atoms with Gasteiger partial charge in [0.15, 0.2) is 5.96 Å². The second kappa shape index (κ2) is 11.1. The Morgan fingerprint density at radius 2 is 2.00 bits per heavy atom. The highest BCUT2D eigenvalue weighted by Gasteiger charge is 2.09. The van der Waals surface area contributed by atoms with Gasteiger partial charge in [-0.3, -0.25) is 0 Å². The lowest BCUT2D eigenvalue weighted by Crippen LogP contribution is -2.44. The topological polar surface area (TPSA) is 45.7 Å². The number of aliphatic imine (C=N–C) groups is 1. The van der Waals surface area contributed by atoms with Crippen molar-refractivity contribution >= 4 is 45.9 Å². The lowest BCUT2D eigenvalue weighted by Gasteiger charge is -2.20. The van der Waals surface area contributed by atoms with Crippen LogP contribution in [-0.2, 0) is 6.54 Å². The van der Waals surface area contributed by atoms with Crippen LogP contribution in [0.15, 0.2) is 27.7 Å². The summed E-state index contributed by atoms with van der Waals surface area (Å²) in [6.45, 7) is 10.1. The molecule has 0 spiro atoms. The van der Waals surface area contributed by atoms with Crippen LogP contribution in [0, 0.1) is 5.92 Å². The van der Waals surface area contributed by atoms with Gasteiger partial charge < -0.3 is 15.4 Å². The van der Waals surface area contributed by atoms with Crippen LogP contribution in [0.2, 0.25) is 0 Å². The van der Waals surface area contributed by atoms with Crippen molar-refractivity contribution in [1.29, 1.82) is 0 Å². The van der Waals surface area contributed by atoms with Gasteiger partial charge in [-0.25, -0.2) is 4.99 Å². The zero-order chi connectivity index (χ0) is 15.8. The molecule has 2 N–H and O–H groups in total. The predicted octanol–water partition coefficient (Wildman–Crippen LogP) is 4.18. The molecule has 0 fully saturated rings. The molecule has 0 aliphatic rings. The number of ether oxygens (including phenoxy) is 1. The van der Waals surface area contributed by atoms with Crippen LogP contribution in [0.5, 0.6) is 5.75 Å². The van der Waals surface area contributed by atoms with Gasteiger partial charge in [0.2, 0.25) is 0 Å². The summed E-state index contributed by atoms with van der Waals surface area (Å²) in [6, 6.07) is 6.40.